The van der Waals surface area contributed by atoms with E-state index < -0.39 is 0 Å². The van der Waals surface area contributed by atoms with Gasteiger partial charge in [-0.2, -0.15) is 0 Å². The first kappa shape index (κ1) is 20.4. The average Bonchev–Trinajstić information content (AvgIpc) is 3.19. The van der Waals surface area contributed by atoms with Crippen molar-refractivity contribution in [1.82, 2.24) is 14.8 Å². The SMILES string of the molecule is O=C(CCCc1c[nH]c2ccccc12)N(CCN1CCCCC1)C1CCOCC1. The maximum atomic E-state index is 13.2. The molecule has 0 radical (unpaired) electrons. The molecular weight excluding hydrogens is 362 g/mol. The van der Waals surface area contributed by atoms with Crippen molar-refractivity contribution in [1.29, 1.82) is 0 Å². The summed E-state index contributed by atoms with van der Waals surface area (Å²) in [6.07, 6.45) is 10.5. The molecule has 2 aromatic rings. The van der Waals surface area contributed by atoms with Gasteiger partial charge in [0.2, 0.25) is 5.91 Å². The van der Waals surface area contributed by atoms with E-state index in [-0.39, 0.29) is 0 Å². The van der Waals surface area contributed by atoms with Gasteiger partial charge in [-0.3, -0.25) is 4.79 Å². The quantitative estimate of drug-likeness (QED) is 0.733. The molecule has 5 nitrogen and oxygen atoms in total. The highest BCUT2D eigenvalue weighted by atomic mass is 16.5. The van der Waals surface area contributed by atoms with Crippen molar-refractivity contribution in [2.45, 2.75) is 57.4 Å². The zero-order valence-electron chi connectivity index (χ0n) is 17.6. The number of aromatic nitrogens is 1. The van der Waals surface area contributed by atoms with Crippen LogP contribution in [0, 0.1) is 0 Å². The Bertz CT molecular complexity index is 775. The fraction of sp³-hybridized carbons (Fsp3) is 0.625. The van der Waals surface area contributed by atoms with Crippen molar-refractivity contribution >= 4 is 16.8 Å². The molecule has 2 fully saturated rings. The number of rotatable bonds is 8. The van der Waals surface area contributed by atoms with Gasteiger partial charge in [-0.15, -0.1) is 0 Å². The smallest absolute Gasteiger partial charge is 0.222 e. The number of piperidine rings is 1. The van der Waals surface area contributed by atoms with Gasteiger partial charge in [0.25, 0.3) is 0 Å². The van der Waals surface area contributed by atoms with E-state index in [1.807, 2.05) is 0 Å². The van der Waals surface area contributed by atoms with Crippen LogP contribution in [-0.2, 0) is 16.0 Å². The maximum Gasteiger partial charge on any atom is 0.222 e. The Kier molecular flexibility index (Phi) is 7.23. The maximum absolute atomic E-state index is 13.2. The molecule has 1 aromatic carbocycles. The number of carbonyl (C=O) groups is 1. The third-order valence-corrected chi connectivity index (χ3v) is 6.57. The van der Waals surface area contributed by atoms with E-state index in [1.54, 1.807) is 0 Å². The van der Waals surface area contributed by atoms with Crippen LogP contribution < -0.4 is 0 Å². The summed E-state index contributed by atoms with van der Waals surface area (Å²) in [5, 5.41) is 1.28. The van der Waals surface area contributed by atoms with Gasteiger partial charge in [0.05, 0.1) is 0 Å². The molecule has 158 valence electrons. The summed E-state index contributed by atoms with van der Waals surface area (Å²) in [6, 6.07) is 8.76. The molecule has 0 bridgehead atoms. The zero-order valence-corrected chi connectivity index (χ0v) is 17.6. The largest absolute Gasteiger partial charge is 0.381 e. The first-order valence-corrected chi connectivity index (χ1v) is 11.5. The molecule has 0 spiro atoms. The minimum Gasteiger partial charge on any atom is -0.381 e. The first-order valence-electron chi connectivity index (χ1n) is 11.5. The number of para-hydroxylation sites is 1. The monoisotopic (exact) mass is 397 g/mol. The van der Waals surface area contributed by atoms with Gasteiger partial charge in [0, 0.05) is 55.9 Å². The van der Waals surface area contributed by atoms with Crippen LogP contribution in [0.5, 0.6) is 0 Å². The normalized spacial score (nSPS) is 18.9. The van der Waals surface area contributed by atoms with Crippen LogP contribution in [0.15, 0.2) is 30.5 Å². The van der Waals surface area contributed by atoms with Crippen molar-refractivity contribution in [3.8, 4) is 0 Å². The molecule has 3 heterocycles. The summed E-state index contributed by atoms with van der Waals surface area (Å²) in [7, 11) is 0. The third kappa shape index (κ3) is 5.40. The van der Waals surface area contributed by atoms with Crippen LogP contribution >= 0.6 is 0 Å². The molecule has 0 unspecified atom stereocenters. The number of benzene rings is 1. The summed E-state index contributed by atoms with van der Waals surface area (Å²) in [5.41, 5.74) is 2.50. The lowest BCUT2D eigenvalue weighted by atomic mass is 10.0. The van der Waals surface area contributed by atoms with Gasteiger partial charge in [-0.25, -0.2) is 0 Å². The molecule has 1 N–H and O–H groups in total. The summed E-state index contributed by atoms with van der Waals surface area (Å²) in [4.78, 5) is 21.2. The highest BCUT2D eigenvalue weighted by molar-refractivity contribution is 5.83. The predicted octanol–water partition coefficient (Wildman–Crippen LogP) is 3.98. The summed E-state index contributed by atoms with van der Waals surface area (Å²) in [6.45, 7) is 5.84. The van der Waals surface area contributed by atoms with E-state index in [4.69, 9.17) is 4.74 Å². The molecule has 0 aliphatic carbocycles. The summed E-state index contributed by atoms with van der Waals surface area (Å²) in [5.74, 6) is 0.328. The molecule has 5 heteroatoms. The number of aryl methyl sites for hydroxylation is 1. The molecular formula is C24H35N3O2. The lowest BCUT2D eigenvalue weighted by Gasteiger charge is -2.36. The Morgan fingerprint density at radius 3 is 2.76 bits per heavy atom. The van der Waals surface area contributed by atoms with E-state index in [0.717, 1.165) is 52.0 Å². The number of ether oxygens (including phenoxy) is 1. The number of nitrogens with one attached hydrogen (secondary N) is 1. The number of aromatic amines is 1. The van der Waals surface area contributed by atoms with Gasteiger partial charge in [-0.1, -0.05) is 24.6 Å². The number of amides is 1. The highest BCUT2D eigenvalue weighted by Gasteiger charge is 2.26. The van der Waals surface area contributed by atoms with E-state index >= 15 is 0 Å². The number of hydrogen-bond acceptors (Lipinski definition) is 3. The molecule has 2 saturated heterocycles. The Morgan fingerprint density at radius 2 is 1.93 bits per heavy atom. The second-order valence-corrected chi connectivity index (χ2v) is 8.55. The molecule has 0 atom stereocenters. The van der Waals surface area contributed by atoms with Crippen molar-refractivity contribution in [3.63, 3.8) is 0 Å². The molecule has 1 amide bonds. The van der Waals surface area contributed by atoms with E-state index in [9.17, 15) is 4.79 Å². The Balaban J connectivity index is 1.32. The van der Waals surface area contributed by atoms with Crippen LogP contribution in [0.25, 0.3) is 10.9 Å². The minimum atomic E-state index is 0.328. The fourth-order valence-electron chi connectivity index (χ4n) is 4.85. The van der Waals surface area contributed by atoms with Gasteiger partial charge in [0.1, 0.15) is 0 Å². The number of carbonyl (C=O) groups excluding carboxylic acids is 1. The fourth-order valence-corrected chi connectivity index (χ4v) is 4.85. The number of fused-ring (bicyclic) bond motifs is 1. The average molecular weight is 398 g/mol. The van der Waals surface area contributed by atoms with E-state index in [1.165, 1.54) is 48.8 Å². The Morgan fingerprint density at radius 1 is 1.14 bits per heavy atom. The zero-order chi connectivity index (χ0) is 19.9. The number of nitrogens with zero attached hydrogens (tertiary/aromatic N) is 2. The van der Waals surface area contributed by atoms with Crippen molar-refractivity contribution in [2.24, 2.45) is 0 Å². The summed E-state index contributed by atoms with van der Waals surface area (Å²) >= 11 is 0. The van der Waals surface area contributed by atoms with Gasteiger partial charge in [0.15, 0.2) is 0 Å². The van der Waals surface area contributed by atoms with Crippen LogP contribution in [0.3, 0.4) is 0 Å². The minimum absolute atomic E-state index is 0.328. The Labute approximate surface area is 174 Å². The number of likely N-dealkylation sites (tertiary alicyclic amines) is 1. The van der Waals surface area contributed by atoms with Crippen LogP contribution in [0.2, 0.25) is 0 Å². The molecule has 0 saturated carbocycles. The topological polar surface area (TPSA) is 48.6 Å². The van der Waals surface area contributed by atoms with Gasteiger partial charge < -0.3 is 19.5 Å². The first-order chi connectivity index (χ1) is 14.3. The molecule has 1 aromatic heterocycles. The lowest BCUT2D eigenvalue weighted by Crippen LogP contribution is -2.47. The lowest BCUT2D eigenvalue weighted by molar-refractivity contribution is -0.135. The molecule has 29 heavy (non-hydrogen) atoms. The number of hydrogen-bond donors (Lipinski definition) is 1. The van der Waals surface area contributed by atoms with Crippen molar-refractivity contribution < 1.29 is 9.53 Å². The second kappa shape index (κ2) is 10.3. The van der Waals surface area contributed by atoms with Crippen molar-refractivity contribution in [3.05, 3.63) is 36.0 Å². The standard InChI is InChI=1S/C24H35N3O2/c28-24(10-6-7-20-19-25-23-9-3-2-8-22(20)23)27(21-11-17-29-18-12-21)16-15-26-13-4-1-5-14-26/h2-3,8-9,19,21,25H,1,4-7,10-18H2. The Hall–Kier alpha value is -1.85. The highest BCUT2D eigenvalue weighted by Crippen LogP contribution is 2.21. The van der Waals surface area contributed by atoms with Crippen LogP contribution in [0.1, 0.15) is 50.5 Å². The third-order valence-electron chi connectivity index (χ3n) is 6.57. The van der Waals surface area contributed by atoms with Crippen LogP contribution in [0.4, 0.5) is 0 Å². The van der Waals surface area contributed by atoms with Crippen LogP contribution in [-0.4, -0.2) is 66.1 Å². The van der Waals surface area contributed by atoms with E-state index in [0.29, 0.717) is 18.4 Å². The second-order valence-electron chi connectivity index (χ2n) is 8.55. The predicted molar refractivity (Wildman–Crippen MR) is 117 cm³/mol. The molecule has 4 rings (SSSR count). The number of H-pyrrole nitrogens is 1. The van der Waals surface area contributed by atoms with Gasteiger partial charge in [-0.05, 0) is 63.2 Å². The van der Waals surface area contributed by atoms with Crippen molar-refractivity contribution in [2.75, 3.05) is 39.4 Å². The van der Waals surface area contributed by atoms with E-state index in [2.05, 4.69) is 45.2 Å². The summed E-state index contributed by atoms with van der Waals surface area (Å²) < 4.78 is 5.54. The van der Waals surface area contributed by atoms with Gasteiger partial charge >= 0.3 is 0 Å². The molecule has 2 aliphatic rings. The molecule has 2 aliphatic heterocycles.